The van der Waals surface area contributed by atoms with Gasteiger partial charge in [0.05, 0.1) is 71.7 Å². The molecule has 0 saturated heterocycles. The Morgan fingerprint density at radius 2 is 0.642 bits per heavy atom. The Bertz CT molecular complexity index is 6700. The number of unbranched alkanes of at least 4 members (excludes halogenated alkanes) is 6. The summed E-state index contributed by atoms with van der Waals surface area (Å²) in [6.07, 6.45) is 13.4. The predicted molar refractivity (Wildman–Crippen MR) is 576 cm³/mol. The van der Waals surface area contributed by atoms with E-state index in [1.165, 1.54) is 12.1 Å². The number of halogens is 4. The number of nitrogens with one attached hydrogen (secondary N) is 6. The van der Waals surface area contributed by atoms with Crippen LogP contribution in [0.5, 0.6) is 0 Å². The third kappa shape index (κ3) is 27.7. The second-order valence-corrected chi connectivity index (χ2v) is 38.5. The lowest BCUT2D eigenvalue weighted by Crippen LogP contribution is -2.46. The number of aromatic nitrogens is 6. The minimum absolute atomic E-state index is 0.0402. The molecule has 0 fully saturated rings. The first-order chi connectivity index (χ1) is 71.4. The van der Waals surface area contributed by atoms with Crippen LogP contribution in [0.4, 0.5) is 57.3 Å². The summed E-state index contributed by atoms with van der Waals surface area (Å²) in [5.41, 5.74) is 15.3. The Morgan fingerprint density at radius 1 is 0.345 bits per heavy atom. The molecule has 12 amide bonds. The van der Waals surface area contributed by atoms with Crippen molar-refractivity contribution in [3.63, 3.8) is 0 Å². The minimum atomic E-state index is -1.11. The Labute approximate surface area is 873 Å². The zero-order valence-electron chi connectivity index (χ0n) is 86.0. The number of urea groups is 3. The first-order valence-corrected chi connectivity index (χ1v) is 51.9. The van der Waals surface area contributed by atoms with Crippen molar-refractivity contribution < 1.29 is 67.3 Å². The average Bonchev–Trinajstić information content (AvgIpc) is 1.51. The number of aliphatic hydroxyl groups excluding tert-OH is 3. The molecule has 0 radical (unpaired) electrons. The van der Waals surface area contributed by atoms with Gasteiger partial charge in [0, 0.05) is 126 Å². The van der Waals surface area contributed by atoms with Crippen molar-refractivity contribution in [2.45, 2.75) is 217 Å². The van der Waals surface area contributed by atoms with Crippen molar-refractivity contribution in [1.29, 1.82) is 0 Å². The van der Waals surface area contributed by atoms with Crippen LogP contribution in [0.15, 0.2) is 200 Å². The monoisotopic (exact) mass is 2050 g/mol. The number of benzene rings is 9. The van der Waals surface area contributed by atoms with E-state index in [1.54, 1.807) is 121 Å². The standard InChI is InChI=1S/C40H50N6O4.C37H42Cl2N6O4.C37H42F2N6O4/c1-6-9-20-44(21-10-7-2)39(49)35-22-28(5)46(43-35)36-19-18-32(41-40(50)42-37-27(4)14-13-17-29(37)8-3)24-34(36)38(48)45-25-31-16-12-11-15-30(31)23-33(45)26-47;1-4-6-14-43(15-7-5-2)36(48)33-16-24(3)45(42-33)34-13-12-29(40-37(49)41-30-19-27(38)18-28(39)20-30)21-32(34)35(47)44-22-26-11-9-8-10-25(26)17-31(44)23-46;1-4-6-16-43(17-7-5-2)36(48)33-18-24(3)45(42-33)34-15-13-27(40-37(49)41-28-12-14-31(38)32(39)21-28)20-30(34)35(47)44-22-26-11-9-8-10-25(26)19-29(44)23-46/h11-19,22,24,33,47H,6-10,20-21,23,25-26H2,1-5H3,(H2,41,42,50);8-13,16,18-21,31,46H,4-7,14-15,17,22-23H2,1-3H3,(H2,40,41,49);8-15,18,20-21,29,46H,4-7,16-17,19,22-23H2,1-3H3,(H2,40,41,49)/t33-;31-;29-/m000/s1. The second kappa shape index (κ2) is 52.7. The maximum Gasteiger partial charge on any atom is 0.323 e. The van der Waals surface area contributed by atoms with Gasteiger partial charge >= 0.3 is 18.1 Å². The van der Waals surface area contributed by atoms with E-state index in [2.05, 4.69) is 78.5 Å². The molecule has 6 heterocycles. The van der Waals surface area contributed by atoms with Gasteiger partial charge in [-0.05, 0) is 240 Å². The number of rotatable bonds is 37. The normalized spacial score (nSPS) is 13.9. The lowest BCUT2D eigenvalue weighted by molar-refractivity contribution is 0.0539. The maximum absolute atomic E-state index is 14.6. The highest BCUT2D eigenvalue weighted by Crippen LogP contribution is 2.36. The fourth-order valence-corrected chi connectivity index (χ4v) is 19.1. The van der Waals surface area contributed by atoms with E-state index < -0.39 is 53.8 Å². The van der Waals surface area contributed by atoms with E-state index in [1.807, 2.05) is 133 Å². The second-order valence-electron chi connectivity index (χ2n) is 37.7. The molecule has 3 aliphatic heterocycles. The number of hydrogen-bond acceptors (Lipinski definition) is 15. The van der Waals surface area contributed by atoms with E-state index in [0.717, 1.165) is 146 Å². The number of nitrogens with zero attached hydrogens (tertiary/aromatic N) is 12. The van der Waals surface area contributed by atoms with E-state index in [9.17, 15) is 67.3 Å². The Hall–Kier alpha value is -14.4. The van der Waals surface area contributed by atoms with Crippen molar-refractivity contribution in [3.05, 3.63) is 317 Å². The number of para-hydroxylation sites is 1. The van der Waals surface area contributed by atoms with Gasteiger partial charge in [0.15, 0.2) is 28.7 Å². The molecular formula is C114H134Cl2F2N18O12. The zero-order valence-corrected chi connectivity index (χ0v) is 87.5. The Balaban J connectivity index is 0.000000185. The van der Waals surface area contributed by atoms with Gasteiger partial charge in [-0.3, -0.25) is 28.8 Å². The predicted octanol–water partition coefficient (Wildman–Crippen LogP) is 21.7. The molecule has 34 heteroatoms. The van der Waals surface area contributed by atoms with Crippen molar-refractivity contribution in [1.82, 2.24) is 58.7 Å². The summed E-state index contributed by atoms with van der Waals surface area (Å²) in [5.74, 6) is -3.67. The number of carbonyl (C=O) groups excluding carboxylic acids is 9. The molecular weight excluding hydrogens is 1920 g/mol. The lowest BCUT2D eigenvalue weighted by Gasteiger charge is -2.36. The SMILES string of the molecule is CCCCN(CCCC)C(=O)c1cc(C)n(-c2ccc(NC(=O)Nc3c(C)cccc3CC)cc2C(=O)N2Cc3ccccc3C[C@H]2CO)n1.CCCCN(CCCC)C(=O)c1cc(C)n(-c2ccc(NC(=O)Nc3cc(Cl)cc(Cl)c3)cc2C(=O)N2Cc3ccccc3C[C@H]2CO)n1.CCCCN(CCCC)C(=O)c1cc(C)n(-c2ccc(NC(=O)Nc3ccc(F)c(F)c3)cc2C(=O)N2Cc3ccccc3C[C@H]2CO)n1. The van der Waals surface area contributed by atoms with Crippen molar-refractivity contribution >= 4 is 111 Å². The summed E-state index contributed by atoms with van der Waals surface area (Å²) in [6, 6.07) is 54.1. The molecule has 0 saturated carbocycles. The van der Waals surface area contributed by atoms with Gasteiger partial charge in [0.2, 0.25) is 0 Å². The number of aryl methyl sites for hydroxylation is 5. The van der Waals surface area contributed by atoms with Gasteiger partial charge < -0.3 is 76.6 Å². The highest BCUT2D eigenvalue weighted by atomic mass is 35.5. The molecule has 0 bridgehead atoms. The van der Waals surface area contributed by atoms with E-state index >= 15 is 0 Å². The summed E-state index contributed by atoms with van der Waals surface area (Å²) in [6.45, 7) is 26.1. The molecule has 3 atom stereocenters. The molecule has 9 N–H and O–H groups in total. The number of aliphatic hydroxyl groups is 3. The van der Waals surface area contributed by atoms with Crippen LogP contribution in [0.3, 0.4) is 0 Å². The van der Waals surface area contributed by atoms with Gasteiger partial charge in [-0.2, -0.15) is 15.3 Å². The van der Waals surface area contributed by atoms with Crippen LogP contribution in [0.25, 0.3) is 17.1 Å². The molecule has 3 aliphatic rings. The van der Waals surface area contributed by atoms with Crippen LogP contribution < -0.4 is 31.9 Å². The van der Waals surface area contributed by atoms with Crippen LogP contribution in [0.2, 0.25) is 10.0 Å². The smallest absolute Gasteiger partial charge is 0.323 e. The lowest BCUT2D eigenvalue weighted by atomic mass is 9.93. The molecule has 9 aromatic carbocycles. The molecule has 0 unspecified atom stereocenters. The summed E-state index contributed by atoms with van der Waals surface area (Å²) >= 11 is 12.2. The van der Waals surface area contributed by atoms with E-state index in [0.29, 0.717) is 150 Å². The first-order valence-electron chi connectivity index (χ1n) is 51.1. The van der Waals surface area contributed by atoms with Crippen LogP contribution in [-0.4, -0.2) is 205 Å². The highest BCUT2D eigenvalue weighted by molar-refractivity contribution is 6.35. The molecule has 12 aromatic rings. The third-order valence-corrected chi connectivity index (χ3v) is 27.2. The van der Waals surface area contributed by atoms with Gasteiger partial charge in [-0.25, -0.2) is 37.2 Å². The largest absolute Gasteiger partial charge is 0.394 e. The molecule has 3 aromatic heterocycles. The molecule has 0 aliphatic carbocycles. The highest BCUT2D eigenvalue weighted by Gasteiger charge is 2.38. The van der Waals surface area contributed by atoms with Crippen molar-refractivity contribution in [2.24, 2.45) is 0 Å². The fourth-order valence-electron chi connectivity index (χ4n) is 18.6. The number of fused-ring (bicyclic) bond motifs is 3. The van der Waals surface area contributed by atoms with Crippen LogP contribution >= 0.6 is 23.2 Å². The summed E-state index contributed by atoms with van der Waals surface area (Å²) in [7, 11) is 0. The molecule has 15 rings (SSSR count). The summed E-state index contributed by atoms with van der Waals surface area (Å²) in [4.78, 5) is 134. The van der Waals surface area contributed by atoms with E-state index in [4.69, 9.17) is 33.4 Å². The molecule has 780 valence electrons. The van der Waals surface area contributed by atoms with Crippen LogP contribution in [0, 0.1) is 39.3 Å². The number of carbonyl (C=O) groups is 9. The fraction of sp³-hybridized carbons (Fsp3) is 0.368. The number of anilines is 6. The third-order valence-electron chi connectivity index (χ3n) is 26.8. The Morgan fingerprint density at radius 3 is 0.946 bits per heavy atom. The van der Waals surface area contributed by atoms with Crippen molar-refractivity contribution in [3.8, 4) is 17.1 Å². The van der Waals surface area contributed by atoms with Gasteiger partial charge in [0.1, 0.15) is 0 Å². The number of hydrogen-bond donors (Lipinski definition) is 9. The quantitative estimate of drug-likeness (QED) is 0.0175. The van der Waals surface area contributed by atoms with Crippen LogP contribution in [-0.2, 0) is 45.3 Å². The number of amides is 12. The van der Waals surface area contributed by atoms with Gasteiger partial charge in [-0.15, -0.1) is 0 Å². The molecule has 0 spiro atoms. The van der Waals surface area contributed by atoms with Crippen molar-refractivity contribution in [2.75, 3.05) is 91.0 Å². The van der Waals surface area contributed by atoms with Crippen LogP contribution in [0.1, 0.15) is 250 Å². The average molecular weight is 2060 g/mol. The zero-order chi connectivity index (χ0) is 106. The Kier molecular flexibility index (Phi) is 39.5. The van der Waals surface area contributed by atoms with E-state index in [-0.39, 0.29) is 84.1 Å². The summed E-state index contributed by atoms with van der Waals surface area (Å²) in [5, 5.41) is 62.6. The molecule has 148 heavy (non-hydrogen) atoms. The topological polar surface area (TPSA) is 359 Å². The first kappa shape index (κ1) is 111. The minimum Gasteiger partial charge on any atom is -0.394 e. The van der Waals surface area contributed by atoms with Gasteiger partial charge in [-0.1, -0.05) is 201 Å². The molecule has 30 nitrogen and oxygen atoms in total. The summed E-state index contributed by atoms with van der Waals surface area (Å²) < 4.78 is 31.9. The van der Waals surface area contributed by atoms with Gasteiger partial charge in [0.25, 0.3) is 35.4 Å². The maximum atomic E-state index is 14.6.